The summed E-state index contributed by atoms with van der Waals surface area (Å²) < 4.78 is 5.23. The maximum atomic E-state index is 12.9. The van der Waals surface area contributed by atoms with E-state index in [9.17, 15) is 9.90 Å². The molecule has 2 aromatic rings. The molecule has 4 nitrogen and oxygen atoms in total. The molecule has 1 heterocycles. The summed E-state index contributed by atoms with van der Waals surface area (Å²) in [6.45, 7) is 1.46. The van der Waals surface area contributed by atoms with Gasteiger partial charge in [0.2, 0.25) is 0 Å². The number of rotatable bonds is 6. The zero-order valence-corrected chi connectivity index (χ0v) is 15.4. The summed E-state index contributed by atoms with van der Waals surface area (Å²) in [6.07, 6.45) is 3.68. The first-order valence-corrected chi connectivity index (χ1v) is 9.24. The average molecular weight is 353 g/mol. The summed E-state index contributed by atoms with van der Waals surface area (Å²) in [5, 5.41) is 10.1. The molecule has 1 aliphatic heterocycles. The Morgan fingerprint density at radius 3 is 2.73 bits per heavy atom. The van der Waals surface area contributed by atoms with Crippen LogP contribution in [0.15, 0.2) is 54.6 Å². The van der Waals surface area contributed by atoms with Gasteiger partial charge >= 0.3 is 0 Å². The summed E-state index contributed by atoms with van der Waals surface area (Å²) in [5.41, 5.74) is 1.69. The van der Waals surface area contributed by atoms with E-state index in [4.69, 9.17) is 4.74 Å². The monoisotopic (exact) mass is 353 g/mol. The van der Waals surface area contributed by atoms with Gasteiger partial charge in [-0.1, -0.05) is 36.4 Å². The average Bonchev–Trinajstić information content (AvgIpc) is 2.72. The lowest BCUT2D eigenvalue weighted by Gasteiger charge is -2.42. The number of likely N-dealkylation sites (tertiary alicyclic amines) is 1. The fourth-order valence-electron chi connectivity index (χ4n) is 3.79. The fourth-order valence-corrected chi connectivity index (χ4v) is 3.79. The number of aliphatic hydroxyl groups excluding tert-OH is 1. The van der Waals surface area contributed by atoms with Gasteiger partial charge in [0.15, 0.2) is 0 Å². The van der Waals surface area contributed by atoms with Crippen LogP contribution in [-0.4, -0.2) is 42.7 Å². The Kier molecular flexibility index (Phi) is 5.94. The molecule has 0 saturated carbocycles. The third kappa shape index (κ3) is 4.25. The molecule has 1 amide bonds. The second-order valence-electron chi connectivity index (χ2n) is 7.21. The molecule has 0 bridgehead atoms. The van der Waals surface area contributed by atoms with Gasteiger partial charge in [0, 0.05) is 24.1 Å². The third-order valence-corrected chi connectivity index (χ3v) is 5.39. The number of hydrogen-bond donors (Lipinski definition) is 1. The molecule has 26 heavy (non-hydrogen) atoms. The maximum Gasteiger partial charge on any atom is 0.254 e. The largest absolute Gasteiger partial charge is 0.497 e. The molecule has 3 rings (SSSR count). The smallest absolute Gasteiger partial charge is 0.254 e. The van der Waals surface area contributed by atoms with Gasteiger partial charge in [0.05, 0.1) is 13.7 Å². The number of amides is 1. The van der Waals surface area contributed by atoms with E-state index in [1.54, 1.807) is 13.2 Å². The van der Waals surface area contributed by atoms with Crippen molar-refractivity contribution in [2.45, 2.75) is 25.7 Å². The van der Waals surface area contributed by atoms with Gasteiger partial charge < -0.3 is 14.7 Å². The molecule has 1 aliphatic rings. The summed E-state index contributed by atoms with van der Waals surface area (Å²) >= 11 is 0. The Bertz CT molecular complexity index is 731. The molecule has 0 spiro atoms. The highest BCUT2D eigenvalue weighted by molar-refractivity contribution is 5.94. The molecule has 1 saturated heterocycles. The van der Waals surface area contributed by atoms with Crippen molar-refractivity contribution in [2.24, 2.45) is 5.41 Å². The van der Waals surface area contributed by atoms with Crippen LogP contribution < -0.4 is 4.74 Å². The Morgan fingerprint density at radius 1 is 1.19 bits per heavy atom. The summed E-state index contributed by atoms with van der Waals surface area (Å²) in [6, 6.07) is 17.6. The van der Waals surface area contributed by atoms with Crippen LogP contribution in [0.25, 0.3) is 0 Å². The molecule has 1 unspecified atom stereocenters. The molecule has 1 fully saturated rings. The lowest BCUT2D eigenvalue weighted by Crippen LogP contribution is -2.48. The predicted molar refractivity (Wildman–Crippen MR) is 102 cm³/mol. The van der Waals surface area contributed by atoms with Crippen molar-refractivity contribution in [1.82, 2.24) is 4.90 Å². The van der Waals surface area contributed by atoms with Crippen LogP contribution in [0, 0.1) is 5.41 Å². The van der Waals surface area contributed by atoms with E-state index in [2.05, 4.69) is 12.1 Å². The predicted octanol–water partition coefficient (Wildman–Crippen LogP) is 3.54. The number of piperidine rings is 1. The van der Waals surface area contributed by atoms with Crippen LogP contribution in [0.2, 0.25) is 0 Å². The summed E-state index contributed by atoms with van der Waals surface area (Å²) in [4.78, 5) is 14.8. The first kappa shape index (κ1) is 18.5. The molecule has 1 N–H and O–H groups in total. The fraction of sp³-hybridized carbons (Fsp3) is 0.409. The van der Waals surface area contributed by atoms with Crippen LogP contribution in [-0.2, 0) is 6.42 Å². The second kappa shape index (κ2) is 8.37. The van der Waals surface area contributed by atoms with Crippen molar-refractivity contribution in [3.63, 3.8) is 0 Å². The van der Waals surface area contributed by atoms with Crippen molar-refractivity contribution < 1.29 is 14.6 Å². The van der Waals surface area contributed by atoms with Crippen LogP contribution in [0.5, 0.6) is 5.75 Å². The second-order valence-corrected chi connectivity index (χ2v) is 7.21. The Labute approximate surface area is 155 Å². The topological polar surface area (TPSA) is 49.8 Å². The zero-order valence-electron chi connectivity index (χ0n) is 15.4. The molecular formula is C22H27NO3. The van der Waals surface area contributed by atoms with E-state index < -0.39 is 0 Å². The lowest BCUT2D eigenvalue weighted by molar-refractivity contribution is 0.0228. The molecule has 2 aromatic carbocycles. The molecule has 0 aliphatic carbocycles. The normalized spacial score (nSPS) is 20.0. The number of ether oxygens (including phenoxy) is 1. The molecule has 0 radical (unpaired) electrons. The van der Waals surface area contributed by atoms with Crippen LogP contribution in [0.4, 0.5) is 0 Å². The van der Waals surface area contributed by atoms with E-state index >= 15 is 0 Å². The standard InChI is InChI=1S/C22H27NO3/c1-26-20-10-5-9-19(15-20)21(25)23-14-6-12-22(16-23,17-24)13-11-18-7-3-2-4-8-18/h2-5,7-10,15,24H,6,11-14,16-17H2,1H3. The first-order chi connectivity index (χ1) is 12.7. The molecule has 138 valence electrons. The van der Waals surface area contributed by atoms with E-state index in [1.165, 1.54) is 5.56 Å². The number of benzene rings is 2. The van der Waals surface area contributed by atoms with Gasteiger partial charge in [-0.3, -0.25) is 4.79 Å². The SMILES string of the molecule is COc1cccc(C(=O)N2CCCC(CO)(CCc3ccccc3)C2)c1. The zero-order chi connectivity index (χ0) is 18.4. The maximum absolute atomic E-state index is 12.9. The van der Waals surface area contributed by atoms with Gasteiger partial charge in [-0.25, -0.2) is 0 Å². The van der Waals surface area contributed by atoms with Gasteiger partial charge in [0.1, 0.15) is 5.75 Å². The van der Waals surface area contributed by atoms with Crippen molar-refractivity contribution in [3.05, 3.63) is 65.7 Å². The number of aliphatic hydroxyl groups is 1. The number of nitrogens with zero attached hydrogens (tertiary/aromatic N) is 1. The van der Waals surface area contributed by atoms with Crippen LogP contribution in [0.3, 0.4) is 0 Å². The minimum absolute atomic E-state index is 0.0149. The molecule has 1 atom stereocenters. The number of aryl methyl sites for hydroxylation is 1. The molecule has 0 aromatic heterocycles. The minimum Gasteiger partial charge on any atom is -0.497 e. The quantitative estimate of drug-likeness (QED) is 0.864. The van der Waals surface area contributed by atoms with Crippen molar-refractivity contribution in [2.75, 3.05) is 26.8 Å². The van der Waals surface area contributed by atoms with E-state index in [1.807, 2.05) is 41.3 Å². The first-order valence-electron chi connectivity index (χ1n) is 9.24. The molecular weight excluding hydrogens is 326 g/mol. The Morgan fingerprint density at radius 2 is 2.00 bits per heavy atom. The van der Waals surface area contributed by atoms with Crippen LogP contribution in [0.1, 0.15) is 35.2 Å². The Hall–Kier alpha value is -2.33. The van der Waals surface area contributed by atoms with E-state index in [-0.39, 0.29) is 17.9 Å². The highest BCUT2D eigenvalue weighted by Crippen LogP contribution is 2.35. The number of methoxy groups -OCH3 is 1. The minimum atomic E-state index is -0.220. The van der Waals surface area contributed by atoms with Gasteiger partial charge in [-0.2, -0.15) is 0 Å². The van der Waals surface area contributed by atoms with E-state index in [0.29, 0.717) is 17.9 Å². The van der Waals surface area contributed by atoms with Crippen LogP contribution >= 0.6 is 0 Å². The van der Waals surface area contributed by atoms with Crippen molar-refractivity contribution >= 4 is 5.91 Å². The summed E-state index contributed by atoms with van der Waals surface area (Å²) in [5.74, 6) is 0.700. The Balaban J connectivity index is 1.70. The molecule has 4 heteroatoms. The van der Waals surface area contributed by atoms with Gasteiger partial charge in [-0.05, 0) is 49.4 Å². The van der Waals surface area contributed by atoms with Gasteiger partial charge in [-0.15, -0.1) is 0 Å². The lowest BCUT2D eigenvalue weighted by atomic mass is 9.76. The third-order valence-electron chi connectivity index (χ3n) is 5.39. The number of carbonyl (C=O) groups excluding carboxylic acids is 1. The van der Waals surface area contributed by atoms with Gasteiger partial charge in [0.25, 0.3) is 5.91 Å². The highest BCUT2D eigenvalue weighted by Gasteiger charge is 2.36. The summed E-state index contributed by atoms with van der Waals surface area (Å²) in [7, 11) is 1.60. The number of carbonyl (C=O) groups is 1. The highest BCUT2D eigenvalue weighted by atomic mass is 16.5. The van der Waals surface area contributed by atoms with Crippen molar-refractivity contribution in [3.8, 4) is 5.75 Å². The number of hydrogen-bond acceptors (Lipinski definition) is 3. The van der Waals surface area contributed by atoms with Crippen molar-refractivity contribution in [1.29, 1.82) is 0 Å². The van der Waals surface area contributed by atoms with E-state index in [0.717, 1.165) is 32.2 Å².